The van der Waals surface area contributed by atoms with Gasteiger partial charge in [-0.25, -0.2) is 9.97 Å². The Morgan fingerprint density at radius 3 is 2.57 bits per heavy atom. The molecule has 35 heavy (non-hydrogen) atoms. The average Bonchev–Trinajstić information content (AvgIpc) is 3.31. The van der Waals surface area contributed by atoms with Crippen molar-refractivity contribution in [3.8, 4) is 5.69 Å². The molecule has 2 aromatic heterocycles. The SMILES string of the molecule is Cc1ccc(Nc2nc(CSc3nc4cc(C(=O)[O-])ccc4c(=O)n3-c3ccccc3)cs2)cc1. The van der Waals surface area contributed by atoms with E-state index < -0.39 is 5.97 Å². The molecule has 174 valence electrons. The zero-order chi connectivity index (χ0) is 24.4. The molecule has 0 spiro atoms. The van der Waals surface area contributed by atoms with Gasteiger partial charge in [0.05, 0.1) is 28.3 Å². The summed E-state index contributed by atoms with van der Waals surface area (Å²) in [6.45, 7) is 2.04. The van der Waals surface area contributed by atoms with Crippen LogP contribution in [0.25, 0.3) is 16.6 Å². The molecule has 3 aromatic carbocycles. The van der Waals surface area contributed by atoms with E-state index in [0.717, 1.165) is 16.5 Å². The topological polar surface area (TPSA) is 99.9 Å². The average molecular weight is 500 g/mol. The van der Waals surface area contributed by atoms with Gasteiger partial charge in [-0.15, -0.1) is 11.3 Å². The second-order valence-electron chi connectivity index (χ2n) is 7.81. The minimum absolute atomic E-state index is 0.0239. The van der Waals surface area contributed by atoms with Gasteiger partial charge in [-0.1, -0.05) is 53.7 Å². The number of nitrogens with zero attached hydrogens (tertiary/aromatic N) is 3. The maximum Gasteiger partial charge on any atom is 0.266 e. The summed E-state index contributed by atoms with van der Waals surface area (Å²) >= 11 is 2.86. The van der Waals surface area contributed by atoms with Gasteiger partial charge < -0.3 is 15.2 Å². The molecular formula is C26H19N4O3S2-. The first-order valence-electron chi connectivity index (χ1n) is 10.7. The van der Waals surface area contributed by atoms with E-state index in [4.69, 9.17) is 0 Å². The summed E-state index contributed by atoms with van der Waals surface area (Å²) < 4.78 is 1.55. The number of thioether (sulfide) groups is 1. The molecule has 0 aliphatic rings. The van der Waals surface area contributed by atoms with E-state index in [1.165, 1.54) is 46.9 Å². The van der Waals surface area contributed by atoms with E-state index in [9.17, 15) is 14.7 Å². The van der Waals surface area contributed by atoms with Crippen LogP contribution < -0.4 is 16.0 Å². The van der Waals surface area contributed by atoms with Gasteiger partial charge in [-0.2, -0.15) is 0 Å². The van der Waals surface area contributed by atoms with Gasteiger partial charge in [-0.3, -0.25) is 9.36 Å². The van der Waals surface area contributed by atoms with Crippen molar-refractivity contribution in [2.24, 2.45) is 0 Å². The molecule has 1 N–H and O–H groups in total. The van der Waals surface area contributed by atoms with Gasteiger partial charge in [0.25, 0.3) is 5.56 Å². The maximum absolute atomic E-state index is 13.4. The highest BCUT2D eigenvalue weighted by Gasteiger charge is 2.15. The van der Waals surface area contributed by atoms with Crippen LogP contribution >= 0.6 is 23.1 Å². The second-order valence-corrected chi connectivity index (χ2v) is 9.61. The molecule has 0 bridgehead atoms. The Bertz CT molecular complexity index is 1580. The van der Waals surface area contributed by atoms with Gasteiger partial charge in [0.1, 0.15) is 0 Å². The standard InChI is InChI=1S/C26H20N4O3S2/c1-16-7-10-18(11-8-16)27-25-28-19(14-34-25)15-35-26-29-22-13-17(24(32)33)9-12-21(22)23(31)30(26)20-5-3-2-4-6-20/h2-14H,15H2,1H3,(H,27,28)(H,32,33)/p-1. The lowest BCUT2D eigenvalue weighted by atomic mass is 10.1. The summed E-state index contributed by atoms with van der Waals surface area (Å²) in [5, 5.41) is 18.1. The number of aryl methyl sites for hydroxylation is 1. The molecular weight excluding hydrogens is 480 g/mol. The highest BCUT2D eigenvalue weighted by Crippen LogP contribution is 2.28. The fraction of sp³-hybridized carbons (Fsp3) is 0.0769. The molecule has 0 saturated heterocycles. The minimum Gasteiger partial charge on any atom is -0.545 e. The predicted octanol–water partition coefficient (Wildman–Crippen LogP) is 4.55. The van der Waals surface area contributed by atoms with Gasteiger partial charge >= 0.3 is 0 Å². The number of anilines is 2. The Morgan fingerprint density at radius 1 is 1.06 bits per heavy atom. The van der Waals surface area contributed by atoms with Crippen molar-refractivity contribution in [2.75, 3.05) is 5.32 Å². The number of aromatic carboxylic acids is 1. The van der Waals surface area contributed by atoms with Crippen LogP contribution in [0, 0.1) is 6.92 Å². The molecule has 9 heteroatoms. The predicted molar refractivity (Wildman–Crippen MR) is 138 cm³/mol. The lowest BCUT2D eigenvalue weighted by molar-refractivity contribution is -0.255. The highest BCUT2D eigenvalue weighted by atomic mass is 32.2. The van der Waals surface area contributed by atoms with Crippen LogP contribution in [-0.2, 0) is 5.75 Å². The van der Waals surface area contributed by atoms with Crippen LogP contribution in [0.4, 0.5) is 10.8 Å². The number of rotatable bonds is 7. The molecule has 0 amide bonds. The van der Waals surface area contributed by atoms with Crippen molar-refractivity contribution in [2.45, 2.75) is 17.8 Å². The van der Waals surface area contributed by atoms with E-state index in [2.05, 4.69) is 15.3 Å². The number of carboxylic acids is 1. The van der Waals surface area contributed by atoms with E-state index in [1.807, 2.05) is 66.9 Å². The molecule has 7 nitrogen and oxygen atoms in total. The molecule has 0 unspecified atom stereocenters. The van der Waals surface area contributed by atoms with E-state index in [0.29, 0.717) is 27.5 Å². The van der Waals surface area contributed by atoms with E-state index >= 15 is 0 Å². The van der Waals surface area contributed by atoms with E-state index in [1.54, 1.807) is 4.57 Å². The first kappa shape index (κ1) is 22.8. The summed E-state index contributed by atoms with van der Waals surface area (Å²) in [6.07, 6.45) is 0. The number of aromatic nitrogens is 3. The molecule has 2 heterocycles. The second kappa shape index (κ2) is 9.73. The minimum atomic E-state index is -1.31. The Labute approximate surface area is 209 Å². The zero-order valence-corrected chi connectivity index (χ0v) is 20.2. The van der Waals surface area contributed by atoms with Crippen LogP contribution in [-0.4, -0.2) is 20.5 Å². The lowest BCUT2D eigenvalue weighted by Crippen LogP contribution is -2.24. The van der Waals surface area contributed by atoms with Gasteiger partial charge in [0.2, 0.25) is 0 Å². The summed E-state index contributed by atoms with van der Waals surface area (Å²) in [7, 11) is 0. The quantitative estimate of drug-likeness (QED) is 0.259. The molecule has 0 aliphatic carbocycles. The number of benzene rings is 3. The van der Waals surface area contributed by atoms with Crippen molar-refractivity contribution in [1.29, 1.82) is 0 Å². The van der Waals surface area contributed by atoms with Crippen molar-refractivity contribution < 1.29 is 9.90 Å². The van der Waals surface area contributed by atoms with Crippen molar-refractivity contribution in [3.63, 3.8) is 0 Å². The normalized spacial score (nSPS) is 11.0. The Morgan fingerprint density at radius 2 is 1.83 bits per heavy atom. The number of carbonyl (C=O) groups is 1. The number of hydrogen-bond donors (Lipinski definition) is 1. The molecule has 5 rings (SSSR count). The fourth-order valence-electron chi connectivity index (χ4n) is 3.52. The van der Waals surface area contributed by atoms with Crippen molar-refractivity contribution in [1.82, 2.24) is 14.5 Å². The number of fused-ring (bicyclic) bond motifs is 1. The van der Waals surface area contributed by atoms with Crippen LogP contribution in [0.15, 0.2) is 88.1 Å². The molecule has 0 radical (unpaired) electrons. The number of thiazole rings is 1. The number of carboxylic acid groups (broad SMARTS) is 1. The summed E-state index contributed by atoms with van der Waals surface area (Å²) in [5.41, 5.74) is 3.68. The molecule has 0 aliphatic heterocycles. The van der Waals surface area contributed by atoms with Crippen LogP contribution in [0.1, 0.15) is 21.6 Å². The fourth-order valence-corrected chi connectivity index (χ4v) is 5.26. The van der Waals surface area contributed by atoms with Crippen LogP contribution in [0.3, 0.4) is 0 Å². The number of hydrogen-bond acceptors (Lipinski definition) is 8. The highest BCUT2D eigenvalue weighted by molar-refractivity contribution is 7.98. The molecule has 5 aromatic rings. The third-order valence-corrected chi connectivity index (χ3v) is 7.07. The summed E-state index contributed by atoms with van der Waals surface area (Å²) in [6, 6.07) is 21.5. The number of carbonyl (C=O) groups excluding carboxylic acids is 1. The smallest absolute Gasteiger partial charge is 0.266 e. The molecule has 0 saturated carbocycles. The number of nitrogens with one attached hydrogen (secondary N) is 1. The molecule has 0 atom stereocenters. The number of para-hydroxylation sites is 1. The summed E-state index contributed by atoms with van der Waals surface area (Å²) in [5.74, 6) is -0.831. The third-order valence-electron chi connectivity index (χ3n) is 5.29. The monoisotopic (exact) mass is 499 g/mol. The van der Waals surface area contributed by atoms with Gasteiger partial charge in [-0.05, 0) is 48.9 Å². The third kappa shape index (κ3) is 4.96. The summed E-state index contributed by atoms with van der Waals surface area (Å²) in [4.78, 5) is 34.0. The van der Waals surface area contributed by atoms with Gasteiger partial charge in [0, 0.05) is 16.8 Å². The maximum atomic E-state index is 13.4. The van der Waals surface area contributed by atoms with E-state index in [-0.39, 0.29) is 11.1 Å². The largest absolute Gasteiger partial charge is 0.545 e. The van der Waals surface area contributed by atoms with Crippen molar-refractivity contribution in [3.05, 3.63) is 105 Å². The van der Waals surface area contributed by atoms with Gasteiger partial charge in [0.15, 0.2) is 10.3 Å². The van der Waals surface area contributed by atoms with Crippen molar-refractivity contribution >= 4 is 50.8 Å². The zero-order valence-electron chi connectivity index (χ0n) is 18.6. The molecule has 0 fully saturated rings. The first-order valence-corrected chi connectivity index (χ1v) is 12.6. The Balaban J connectivity index is 1.47. The lowest BCUT2D eigenvalue weighted by Gasteiger charge is -2.13. The Hall–Kier alpha value is -3.95. The first-order chi connectivity index (χ1) is 17.0. The van der Waals surface area contributed by atoms with Crippen LogP contribution in [0.2, 0.25) is 0 Å². The Kier molecular flexibility index (Phi) is 6.35. The van der Waals surface area contributed by atoms with Crippen LogP contribution in [0.5, 0.6) is 0 Å².